The third-order valence-corrected chi connectivity index (χ3v) is 2.59. The minimum atomic E-state index is -0.179. The van der Waals surface area contributed by atoms with Crippen molar-refractivity contribution in [2.45, 2.75) is 6.92 Å². The molecular weight excluding hydrogens is 216 g/mol. The summed E-state index contributed by atoms with van der Waals surface area (Å²) in [6, 6.07) is 7.70. The van der Waals surface area contributed by atoms with Gasteiger partial charge in [-0.2, -0.15) is 5.10 Å². The Morgan fingerprint density at radius 1 is 1.47 bits per heavy atom. The molecule has 0 atom stereocenters. The molecule has 1 aromatic carbocycles. The predicted octanol–water partition coefficient (Wildman–Crippen LogP) is 1.58. The molecule has 1 amide bonds. The van der Waals surface area contributed by atoms with Gasteiger partial charge in [0.1, 0.15) is 11.4 Å². The number of nitrogens with zero attached hydrogens (tertiary/aromatic N) is 2. The fourth-order valence-electron chi connectivity index (χ4n) is 1.60. The second-order valence-corrected chi connectivity index (χ2v) is 3.90. The Morgan fingerprint density at radius 3 is 2.82 bits per heavy atom. The summed E-state index contributed by atoms with van der Waals surface area (Å²) in [6.45, 7) is 1.98. The van der Waals surface area contributed by atoms with Crippen LogP contribution in [0.5, 0.6) is 0 Å². The molecule has 0 radical (unpaired) electrons. The number of hydrogen-bond donors (Lipinski definition) is 2. The first-order chi connectivity index (χ1) is 8.09. The largest absolute Gasteiger partial charge is 0.383 e. The van der Waals surface area contributed by atoms with E-state index in [9.17, 15) is 4.79 Å². The number of aromatic amines is 1. The van der Waals surface area contributed by atoms with Gasteiger partial charge in [-0.1, -0.05) is 12.1 Å². The van der Waals surface area contributed by atoms with Crippen LogP contribution in [0.25, 0.3) is 0 Å². The van der Waals surface area contributed by atoms with Crippen molar-refractivity contribution < 1.29 is 4.79 Å². The Morgan fingerprint density at radius 2 is 2.24 bits per heavy atom. The van der Waals surface area contributed by atoms with Gasteiger partial charge in [0, 0.05) is 12.7 Å². The van der Waals surface area contributed by atoms with Gasteiger partial charge >= 0.3 is 0 Å². The van der Waals surface area contributed by atoms with Crippen molar-refractivity contribution in [3.8, 4) is 0 Å². The van der Waals surface area contributed by atoms with Gasteiger partial charge in [-0.15, -0.1) is 0 Å². The molecule has 88 valence electrons. The van der Waals surface area contributed by atoms with Crippen LogP contribution < -0.4 is 10.6 Å². The molecular formula is C12H14N4O. The molecule has 5 nitrogen and oxygen atoms in total. The van der Waals surface area contributed by atoms with Gasteiger partial charge in [-0.05, 0) is 24.6 Å². The number of hydrogen-bond acceptors (Lipinski definition) is 3. The van der Waals surface area contributed by atoms with E-state index < -0.39 is 0 Å². The number of rotatable bonds is 2. The Bertz CT molecular complexity index is 547. The van der Waals surface area contributed by atoms with Crippen LogP contribution in [-0.2, 0) is 0 Å². The minimum absolute atomic E-state index is 0.179. The number of H-pyrrole nitrogens is 1. The standard InChI is InChI=1S/C12H14N4O/c1-8-4-3-5-9(6-8)16(2)12(17)10-7-14-15-11(10)13/h3-7H,1-2H3,(H3,13,14,15). The van der Waals surface area contributed by atoms with Crippen molar-refractivity contribution in [2.24, 2.45) is 0 Å². The first-order valence-electron chi connectivity index (χ1n) is 5.23. The zero-order valence-corrected chi connectivity index (χ0v) is 9.77. The maximum atomic E-state index is 12.1. The van der Waals surface area contributed by atoms with Gasteiger partial charge < -0.3 is 10.6 Å². The van der Waals surface area contributed by atoms with Crippen LogP contribution in [0.15, 0.2) is 30.5 Å². The SMILES string of the molecule is Cc1cccc(N(C)C(=O)c2cn[nH]c2N)c1. The number of benzene rings is 1. The fourth-order valence-corrected chi connectivity index (χ4v) is 1.60. The van der Waals surface area contributed by atoms with E-state index >= 15 is 0 Å². The van der Waals surface area contributed by atoms with E-state index in [0.717, 1.165) is 11.3 Å². The van der Waals surface area contributed by atoms with Gasteiger partial charge in [-0.25, -0.2) is 0 Å². The van der Waals surface area contributed by atoms with E-state index in [2.05, 4.69) is 10.2 Å². The van der Waals surface area contributed by atoms with E-state index in [0.29, 0.717) is 5.56 Å². The normalized spacial score (nSPS) is 10.2. The molecule has 0 unspecified atom stereocenters. The van der Waals surface area contributed by atoms with Gasteiger partial charge in [0.05, 0.1) is 6.20 Å². The fraction of sp³-hybridized carbons (Fsp3) is 0.167. The van der Waals surface area contributed by atoms with Crippen LogP contribution in [-0.4, -0.2) is 23.2 Å². The highest BCUT2D eigenvalue weighted by atomic mass is 16.2. The molecule has 0 saturated carbocycles. The second-order valence-electron chi connectivity index (χ2n) is 3.90. The minimum Gasteiger partial charge on any atom is -0.383 e. The highest BCUT2D eigenvalue weighted by Gasteiger charge is 2.17. The molecule has 0 saturated heterocycles. The summed E-state index contributed by atoms with van der Waals surface area (Å²) in [4.78, 5) is 13.7. The quantitative estimate of drug-likeness (QED) is 0.822. The van der Waals surface area contributed by atoms with Crippen LogP contribution in [0.1, 0.15) is 15.9 Å². The Balaban J connectivity index is 2.30. The third kappa shape index (κ3) is 2.13. The summed E-state index contributed by atoms with van der Waals surface area (Å²) in [6.07, 6.45) is 1.43. The third-order valence-electron chi connectivity index (χ3n) is 2.59. The number of amides is 1. The molecule has 3 N–H and O–H groups in total. The molecule has 5 heteroatoms. The van der Waals surface area contributed by atoms with Crippen LogP contribution in [0, 0.1) is 6.92 Å². The van der Waals surface area contributed by atoms with Crippen molar-refractivity contribution in [3.63, 3.8) is 0 Å². The van der Waals surface area contributed by atoms with E-state index in [1.807, 2.05) is 31.2 Å². The lowest BCUT2D eigenvalue weighted by Gasteiger charge is -2.17. The number of aromatic nitrogens is 2. The van der Waals surface area contributed by atoms with Crippen LogP contribution >= 0.6 is 0 Å². The molecule has 2 rings (SSSR count). The molecule has 0 aliphatic carbocycles. The molecule has 0 spiro atoms. The maximum absolute atomic E-state index is 12.1. The number of carbonyl (C=O) groups is 1. The van der Waals surface area contributed by atoms with Crippen molar-refractivity contribution in [2.75, 3.05) is 17.7 Å². The van der Waals surface area contributed by atoms with E-state index in [4.69, 9.17) is 5.73 Å². The number of carbonyl (C=O) groups excluding carboxylic acids is 1. The average Bonchev–Trinajstić information content (AvgIpc) is 2.73. The molecule has 1 aromatic heterocycles. The summed E-state index contributed by atoms with van der Waals surface area (Å²) in [5.74, 6) is 0.108. The van der Waals surface area contributed by atoms with E-state index in [-0.39, 0.29) is 11.7 Å². The zero-order valence-electron chi connectivity index (χ0n) is 9.77. The smallest absolute Gasteiger partial charge is 0.263 e. The van der Waals surface area contributed by atoms with Crippen LogP contribution in [0.2, 0.25) is 0 Å². The summed E-state index contributed by atoms with van der Waals surface area (Å²) in [7, 11) is 1.71. The highest BCUT2D eigenvalue weighted by molar-refractivity contribution is 6.08. The van der Waals surface area contributed by atoms with Crippen LogP contribution in [0.4, 0.5) is 11.5 Å². The molecule has 0 bridgehead atoms. The van der Waals surface area contributed by atoms with Crippen molar-refractivity contribution in [1.29, 1.82) is 0 Å². The number of nitrogens with two attached hydrogens (primary N) is 1. The summed E-state index contributed by atoms with van der Waals surface area (Å²) < 4.78 is 0. The summed E-state index contributed by atoms with van der Waals surface area (Å²) >= 11 is 0. The molecule has 0 fully saturated rings. The molecule has 17 heavy (non-hydrogen) atoms. The van der Waals surface area contributed by atoms with Gasteiger partial charge in [0.2, 0.25) is 0 Å². The lowest BCUT2D eigenvalue weighted by Crippen LogP contribution is -2.26. The highest BCUT2D eigenvalue weighted by Crippen LogP contribution is 2.18. The second kappa shape index (κ2) is 4.29. The topological polar surface area (TPSA) is 75.0 Å². The van der Waals surface area contributed by atoms with E-state index in [1.165, 1.54) is 6.20 Å². The van der Waals surface area contributed by atoms with Crippen molar-refractivity contribution in [3.05, 3.63) is 41.6 Å². The lowest BCUT2D eigenvalue weighted by molar-refractivity contribution is 0.0994. The summed E-state index contributed by atoms with van der Waals surface area (Å²) in [5, 5.41) is 6.29. The van der Waals surface area contributed by atoms with Gasteiger partial charge in [0.25, 0.3) is 5.91 Å². The first-order valence-corrected chi connectivity index (χ1v) is 5.23. The van der Waals surface area contributed by atoms with Gasteiger partial charge in [-0.3, -0.25) is 9.89 Å². The van der Waals surface area contributed by atoms with Crippen molar-refractivity contribution in [1.82, 2.24) is 10.2 Å². The molecule has 2 aromatic rings. The molecule has 0 aliphatic heterocycles. The number of nitrogens with one attached hydrogen (secondary N) is 1. The Kier molecular flexibility index (Phi) is 2.82. The zero-order chi connectivity index (χ0) is 12.4. The van der Waals surface area contributed by atoms with E-state index in [1.54, 1.807) is 11.9 Å². The molecule has 0 aliphatic rings. The predicted molar refractivity (Wildman–Crippen MR) is 66.9 cm³/mol. The lowest BCUT2D eigenvalue weighted by atomic mass is 10.2. The Labute approximate surface area is 99.2 Å². The molecule has 1 heterocycles. The summed E-state index contributed by atoms with van der Waals surface area (Å²) in [5.41, 5.74) is 7.93. The average molecular weight is 230 g/mol. The van der Waals surface area contributed by atoms with Crippen LogP contribution in [0.3, 0.4) is 0 Å². The number of aryl methyl sites for hydroxylation is 1. The Hall–Kier alpha value is -2.30. The maximum Gasteiger partial charge on any atom is 0.263 e. The van der Waals surface area contributed by atoms with Gasteiger partial charge in [0.15, 0.2) is 0 Å². The van der Waals surface area contributed by atoms with Crippen molar-refractivity contribution >= 4 is 17.4 Å². The monoisotopic (exact) mass is 230 g/mol. The number of anilines is 2. The first kappa shape index (κ1) is 11.2. The number of nitrogen functional groups attached to an aromatic ring is 1.